The van der Waals surface area contributed by atoms with Gasteiger partial charge in [0, 0.05) is 11.9 Å². The van der Waals surface area contributed by atoms with E-state index in [0.717, 1.165) is 46.1 Å². The maximum absolute atomic E-state index is 12.9. The molecule has 1 N–H and O–H groups in total. The summed E-state index contributed by atoms with van der Waals surface area (Å²) in [5, 5.41) is 3.40. The Bertz CT molecular complexity index is 1100. The average molecular weight is 386 g/mol. The number of rotatable bonds is 5. The summed E-state index contributed by atoms with van der Waals surface area (Å²) >= 11 is 0. The van der Waals surface area contributed by atoms with E-state index < -0.39 is 5.97 Å². The van der Waals surface area contributed by atoms with Gasteiger partial charge in [-0.2, -0.15) is 0 Å². The molecule has 0 unspecified atom stereocenters. The highest BCUT2D eigenvalue weighted by Crippen LogP contribution is 2.37. The van der Waals surface area contributed by atoms with Crippen LogP contribution in [-0.2, 0) is 16.0 Å². The number of nitrogens with one attached hydrogen (secondary N) is 1. The van der Waals surface area contributed by atoms with Gasteiger partial charge in [0.2, 0.25) is 0 Å². The Hall–Kier alpha value is -3.47. The lowest BCUT2D eigenvalue weighted by atomic mass is 10.0. The van der Waals surface area contributed by atoms with Gasteiger partial charge in [0.15, 0.2) is 6.61 Å². The molecule has 0 fully saturated rings. The standard InChI is InChI=1S/C24H22N2O3/c1-2-25-21(27)15-29-24(28)22-18-10-6-7-11-20(18)26-23-17(12-13-19(22)23)14-16-8-4-3-5-9-16/h3-11,14H,2,12-13,15H2,1H3,(H,25,27)/b17-14-. The van der Waals surface area contributed by atoms with Gasteiger partial charge < -0.3 is 10.1 Å². The number of benzene rings is 2. The monoisotopic (exact) mass is 386 g/mol. The van der Waals surface area contributed by atoms with E-state index in [9.17, 15) is 9.59 Å². The Labute approximate surface area is 169 Å². The second-order valence-electron chi connectivity index (χ2n) is 6.94. The van der Waals surface area contributed by atoms with Crippen LogP contribution in [0.4, 0.5) is 0 Å². The van der Waals surface area contributed by atoms with E-state index in [4.69, 9.17) is 9.72 Å². The van der Waals surface area contributed by atoms with Crippen molar-refractivity contribution >= 4 is 34.4 Å². The van der Waals surface area contributed by atoms with Crippen LogP contribution in [-0.4, -0.2) is 30.0 Å². The molecular weight excluding hydrogens is 364 g/mol. The van der Waals surface area contributed by atoms with E-state index >= 15 is 0 Å². The Morgan fingerprint density at radius 2 is 1.83 bits per heavy atom. The molecule has 5 heteroatoms. The summed E-state index contributed by atoms with van der Waals surface area (Å²) in [6, 6.07) is 17.6. The largest absolute Gasteiger partial charge is 0.452 e. The minimum absolute atomic E-state index is 0.287. The third kappa shape index (κ3) is 3.90. The van der Waals surface area contributed by atoms with E-state index in [1.807, 2.05) is 61.5 Å². The van der Waals surface area contributed by atoms with Gasteiger partial charge in [-0.3, -0.25) is 4.79 Å². The maximum Gasteiger partial charge on any atom is 0.339 e. The molecule has 1 aliphatic carbocycles. The van der Waals surface area contributed by atoms with Crippen LogP contribution < -0.4 is 5.32 Å². The minimum atomic E-state index is -0.480. The van der Waals surface area contributed by atoms with Gasteiger partial charge in [0.1, 0.15) is 0 Å². The van der Waals surface area contributed by atoms with Crippen LogP contribution in [0.15, 0.2) is 54.6 Å². The maximum atomic E-state index is 12.9. The first-order valence-corrected chi connectivity index (χ1v) is 9.78. The number of carbonyl (C=O) groups is 2. The Kier molecular flexibility index (Phi) is 5.38. The molecule has 1 heterocycles. The lowest BCUT2D eigenvalue weighted by Crippen LogP contribution is -2.28. The molecule has 0 aliphatic heterocycles. The van der Waals surface area contributed by atoms with Gasteiger partial charge in [0.05, 0.1) is 16.8 Å². The Morgan fingerprint density at radius 3 is 2.62 bits per heavy atom. The molecule has 0 spiro atoms. The highest BCUT2D eigenvalue weighted by atomic mass is 16.5. The molecule has 5 nitrogen and oxygen atoms in total. The molecule has 3 aromatic rings. The topological polar surface area (TPSA) is 68.3 Å². The van der Waals surface area contributed by atoms with Crippen molar-refractivity contribution in [2.24, 2.45) is 0 Å². The molecule has 1 aliphatic rings. The number of para-hydroxylation sites is 1. The quantitative estimate of drug-likeness (QED) is 0.673. The number of ether oxygens (including phenoxy) is 1. The van der Waals surface area contributed by atoms with Crippen LogP contribution in [0.5, 0.6) is 0 Å². The van der Waals surface area contributed by atoms with Gasteiger partial charge in [-0.1, -0.05) is 48.5 Å². The number of pyridine rings is 1. The summed E-state index contributed by atoms with van der Waals surface area (Å²) in [5.41, 5.74) is 5.22. The molecule has 0 saturated carbocycles. The molecular formula is C24H22N2O3. The third-order valence-electron chi connectivity index (χ3n) is 4.99. The van der Waals surface area contributed by atoms with Gasteiger partial charge >= 0.3 is 5.97 Å². The van der Waals surface area contributed by atoms with Gasteiger partial charge in [-0.05, 0) is 48.6 Å². The molecule has 1 aromatic heterocycles. The number of aromatic nitrogens is 1. The van der Waals surface area contributed by atoms with Crippen molar-refractivity contribution in [2.45, 2.75) is 19.8 Å². The number of amides is 1. The number of allylic oxidation sites excluding steroid dienone is 1. The molecule has 0 radical (unpaired) electrons. The molecule has 0 bridgehead atoms. The fourth-order valence-electron chi connectivity index (χ4n) is 3.71. The number of fused-ring (bicyclic) bond motifs is 2. The summed E-state index contributed by atoms with van der Waals surface area (Å²) in [6.45, 7) is 2.03. The zero-order chi connectivity index (χ0) is 20.2. The summed E-state index contributed by atoms with van der Waals surface area (Å²) in [7, 11) is 0. The highest BCUT2D eigenvalue weighted by molar-refractivity contribution is 6.07. The highest BCUT2D eigenvalue weighted by Gasteiger charge is 2.27. The van der Waals surface area contributed by atoms with E-state index in [2.05, 4.69) is 11.4 Å². The number of esters is 1. The zero-order valence-corrected chi connectivity index (χ0v) is 16.3. The third-order valence-corrected chi connectivity index (χ3v) is 4.99. The predicted octanol–water partition coefficient (Wildman–Crippen LogP) is 4.01. The van der Waals surface area contributed by atoms with Crippen LogP contribution in [0.2, 0.25) is 0 Å². The van der Waals surface area contributed by atoms with Crippen LogP contribution in [0, 0.1) is 0 Å². The van der Waals surface area contributed by atoms with Gasteiger partial charge in [-0.15, -0.1) is 0 Å². The molecule has 29 heavy (non-hydrogen) atoms. The average Bonchev–Trinajstić information content (AvgIpc) is 3.13. The number of nitrogens with zero attached hydrogens (tertiary/aromatic N) is 1. The van der Waals surface area contributed by atoms with Crippen molar-refractivity contribution in [3.63, 3.8) is 0 Å². The first-order valence-electron chi connectivity index (χ1n) is 9.78. The summed E-state index contributed by atoms with van der Waals surface area (Å²) in [4.78, 5) is 29.5. The molecule has 146 valence electrons. The van der Waals surface area contributed by atoms with E-state index in [1.165, 1.54) is 0 Å². The number of likely N-dealkylation sites (N-methyl/N-ethyl adjacent to an activating group) is 1. The fourth-order valence-corrected chi connectivity index (χ4v) is 3.71. The van der Waals surface area contributed by atoms with Gasteiger partial charge in [-0.25, -0.2) is 9.78 Å². The molecule has 0 saturated heterocycles. The summed E-state index contributed by atoms with van der Waals surface area (Å²) in [6.07, 6.45) is 3.65. The number of hydrogen-bond donors (Lipinski definition) is 1. The van der Waals surface area contributed by atoms with Crippen LogP contribution in [0.1, 0.15) is 40.5 Å². The van der Waals surface area contributed by atoms with E-state index in [-0.39, 0.29) is 12.5 Å². The number of carbonyl (C=O) groups excluding carboxylic acids is 2. The van der Waals surface area contributed by atoms with Crippen molar-refractivity contribution < 1.29 is 14.3 Å². The zero-order valence-electron chi connectivity index (χ0n) is 16.3. The molecule has 2 aromatic carbocycles. The minimum Gasteiger partial charge on any atom is -0.452 e. The Balaban J connectivity index is 1.76. The first kappa shape index (κ1) is 18.9. The van der Waals surface area contributed by atoms with Crippen molar-refractivity contribution in [3.05, 3.63) is 77.0 Å². The van der Waals surface area contributed by atoms with Crippen molar-refractivity contribution in [3.8, 4) is 0 Å². The summed E-state index contributed by atoms with van der Waals surface area (Å²) in [5.74, 6) is -0.785. The SMILES string of the molecule is CCNC(=O)COC(=O)c1c2c(nc3ccccc13)/C(=C\c1ccccc1)CC2. The second-order valence-corrected chi connectivity index (χ2v) is 6.94. The van der Waals surface area contributed by atoms with Crippen LogP contribution >= 0.6 is 0 Å². The Morgan fingerprint density at radius 1 is 1.07 bits per heavy atom. The number of hydrogen-bond acceptors (Lipinski definition) is 4. The van der Waals surface area contributed by atoms with E-state index in [0.29, 0.717) is 12.1 Å². The van der Waals surface area contributed by atoms with Crippen molar-refractivity contribution in [1.29, 1.82) is 0 Å². The smallest absolute Gasteiger partial charge is 0.339 e. The van der Waals surface area contributed by atoms with Crippen LogP contribution in [0.25, 0.3) is 22.6 Å². The summed E-state index contributed by atoms with van der Waals surface area (Å²) < 4.78 is 5.33. The fraction of sp³-hybridized carbons (Fsp3) is 0.208. The molecule has 4 rings (SSSR count). The lowest BCUT2D eigenvalue weighted by Gasteiger charge is -2.12. The molecule has 1 amide bonds. The van der Waals surface area contributed by atoms with E-state index in [1.54, 1.807) is 0 Å². The second kappa shape index (κ2) is 8.27. The van der Waals surface area contributed by atoms with Crippen LogP contribution in [0.3, 0.4) is 0 Å². The predicted molar refractivity (Wildman–Crippen MR) is 113 cm³/mol. The molecule has 0 atom stereocenters. The normalized spacial score (nSPS) is 14.0. The van der Waals surface area contributed by atoms with Crippen molar-refractivity contribution in [1.82, 2.24) is 10.3 Å². The van der Waals surface area contributed by atoms with Gasteiger partial charge in [0.25, 0.3) is 5.91 Å². The van der Waals surface area contributed by atoms with Crippen molar-refractivity contribution in [2.75, 3.05) is 13.2 Å². The first-order chi connectivity index (χ1) is 14.2. The lowest BCUT2D eigenvalue weighted by molar-refractivity contribution is -0.124.